The Hall–Kier alpha value is -8.76. The zero-order valence-corrected chi connectivity index (χ0v) is 48.5. The van der Waals surface area contributed by atoms with Crippen LogP contribution in [0, 0.1) is 18.8 Å². The van der Waals surface area contributed by atoms with Gasteiger partial charge in [0.05, 0.1) is 5.41 Å². The summed E-state index contributed by atoms with van der Waals surface area (Å²) in [5.74, 6) is 1.96. The molecule has 3 heterocycles. The van der Waals surface area contributed by atoms with E-state index in [1.54, 1.807) is 0 Å². The van der Waals surface area contributed by atoms with Crippen molar-refractivity contribution in [3.8, 4) is 50.7 Å². The Kier molecular flexibility index (Phi) is 12.8. The maximum atomic E-state index is 6.91. The molecular weight excluding hydrogens is 1170 g/mol. The van der Waals surface area contributed by atoms with Gasteiger partial charge < -0.3 is 19.1 Å². The van der Waals surface area contributed by atoms with Gasteiger partial charge in [0.15, 0.2) is 0 Å². The van der Waals surface area contributed by atoms with Crippen LogP contribution in [0.1, 0.15) is 74.9 Å². The number of fused-ring (bicyclic) bond motifs is 7. The number of anilines is 4. The van der Waals surface area contributed by atoms with E-state index in [4.69, 9.17) is 9.72 Å². The molecule has 5 nitrogen and oxygen atoms in total. The fourth-order valence-electron chi connectivity index (χ4n) is 12.4. The van der Waals surface area contributed by atoms with Crippen LogP contribution in [0.4, 0.5) is 22.7 Å². The first kappa shape index (κ1) is 51.7. The predicted molar refractivity (Wildman–Crippen MR) is 330 cm³/mol. The first-order valence-corrected chi connectivity index (χ1v) is 27.7. The van der Waals surface area contributed by atoms with E-state index < -0.39 is 5.41 Å². The minimum atomic E-state index is -0.587. The van der Waals surface area contributed by atoms with Crippen LogP contribution in [-0.2, 0) is 37.3 Å². The van der Waals surface area contributed by atoms with Crippen molar-refractivity contribution in [2.45, 2.75) is 57.8 Å². The van der Waals surface area contributed by atoms with Crippen molar-refractivity contribution < 1.29 is 25.8 Å². The Morgan fingerprint density at radius 3 is 1.64 bits per heavy atom. The van der Waals surface area contributed by atoms with Gasteiger partial charge in [0, 0.05) is 72.5 Å². The molecule has 1 aliphatic heterocycles. The number of ether oxygens (including phenoxy) is 1. The summed E-state index contributed by atoms with van der Waals surface area (Å²) in [7, 11) is 0. The molecule has 0 radical (unpaired) electrons. The second kappa shape index (κ2) is 20.1. The average Bonchev–Trinajstić information content (AvgIpc) is 2.63. The first-order valence-electron chi connectivity index (χ1n) is 27.7. The molecule has 0 saturated heterocycles. The summed E-state index contributed by atoms with van der Waals surface area (Å²) in [5, 5.41) is 2.19. The molecule has 0 saturated carbocycles. The van der Waals surface area contributed by atoms with Gasteiger partial charge in [-0.25, -0.2) is 4.98 Å². The van der Waals surface area contributed by atoms with E-state index in [2.05, 4.69) is 293 Å². The monoisotopic (exact) mass is 1230 g/mol. The molecule has 0 N–H and O–H groups in total. The third-order valence-corrected chi connectivity index (χ3v) is 16.3. The smallest absolute Gasteiger partial charge is 0.135 e. The Labute approximate surface area is 490 Å². The van der Waals surface area contributed by atoms with E-state index >= 15 is 0 Å². The molecule has 0 spiro atoms. The Balaban J connectivity index is 0.00000618. The SMILES string of the molecule is CC(C)(C)c1cc(-c2ccccc2)c(N2[CH-]N(c3[c-]c(Oc4[c-]c5c(cc4)c4ccc(C(C)(C)C)cc4n5-c4cc(C5(c6ccccc6)c6ccccc6-c6ccccc65)ccn4)ccc3)c3ccccc32)c(-c2ccccc2)c1.[Pt]. The van der Waals surface area contributed by atoms with Crippen molar-refractivity contribution in [1.29, 1.82) is 0 Å². The molecule has 12 aromatic rings. The van der Waals surface area contributed by atoms with Crippen LogP contribution >= 0.6 is 0 Å². The van der Waals surface area contributed by atoms with Gasteiger partial charge in [-0.2, -0.15) is 12.1 Å². The van der Waals surface area contributed by atoms with E-state index in [0.29, 0.717) is 11.5 Å². The number of benzene rings is 10. The largest absolute Gasteiger partial charge is 0.509 e. The molecule has 14 rings (SSSR count). The zero-order valence-electron chi connectivity index (χ0n) is 46.2. The molecule has 0 unspecified atom stereocenters. The van der Waals surface area contributed by atoms with Gasteiger partial charge in [-0.1, -0.05) is 211 Å². The predicted octanol–water partition coefficient (Wildman–Crippen LogP) is 19.3. The first-order chi connectivity index (χ1) is 38.9. The Bertz CT molecular complexity index is 4240. The molecule has 2 aromatic heterocycles. The van der Waals surface area contributed by atoms with Crippen molar-refractivity contribution in [2.75, 3.05) is 9.80 Å². The van der Waals surface area contributed by atoms with Crippen molar-refractivity contribution >= 4 is 44.6 Å². The fourth-order valence-corrected chi connectivity index (χ4v) is 12.4. The number of aromatic nitrogens is 2. The van der Waals surface area contributed by atoms with Crippen molar-refractivity contribution in [1.82, 2.24) is 9.55 Å². The molecule has 0 bridgehead atoms. The molecule has 6 heteroatoms. The molecule has 1 aliphatic carbocycles. The Morgan fingerprint density at radius 2 is 1.01 bits per heavy atom. The van der Waals surface area contributed by atoms with Crippen LogP contribution < -0.4 is 14.5 Å². The van der Waals surface area contributed by atoms with Crippen molar-refractivity contribution in [3.05, 3.63) is 295 Å². The molecule has 398 valence electrons. The van der Waals surface area contributed by atoms with E-state index in [1.165, 1.54) is 38.9 Å². The van der Waals surface area contributed by atoms with E-state index in [0.717, 1.165) is 78.2 Å². The maximum Gasteiger partial charge on any atom is 0.135 e. The Morgan fingerprint density at radius 1 is 0.457 bits per heavy atom. The second-order valence-electron chi connectivity index (χ2n) is 23.3. The van der Waals surface area contributed by atoms with Gasteiger partial charge in [0.25, 0.3) is 0 Å². The minimum Gasteiger partial charge on any atom is -0.509 e. The molecule has 0 fully saturated rings. The molecule has 0 amide bonds. The third-order valence-electron chi connectivity index (χ3n) is 16.3. The van der Waals surface area contributed by atoms with Gasteiger partial charge in [0.1, 0.15) is 5.82 Å². The quantitative estimate of drug-likeness (QED) is 0.135. The average molecular weight is 1230 g/mol. The fraction of sp³-hybridized carbons (Fsp3) is 0.120. The third kappa shape index (κ3) is 8.69. The molecule has 0 atom stereocenters. The number of para-hydroxylation sites is 2. The number of pyridine rings is 1. The minimum absolute atomic E-state index is 0. The summed E-state index contributed by atoms with van der Waals surface area (Å²) in [6.45, 7) is 15.9. The molecule has 2 aliphatic rings. The van der Waals surface area contributed by atoms with Crippen LogP contribution in [0.3, 0.4) is 0 Å². The van der Waals surface area contributed by atoms with Crippen LogP contribution in [0.25, 0.3) is 61.0 Å². The van der Waals surface area contributed by atoms with Gasteiger partial charge in [-0.3, -0.25) is 0 Å². The van der Waals surface area contributed by atoms with Gasteiger partial charge >= 0.3 is 0 Å². The number of hydrogen-bond acceptors (Lipinski definition) is 4. The van der Waals surface area contributed by atoms with E-state index in [1.807, 2.05) is 24.4 Å². The van der Waals surface area contributed by atoms with Crippen LogP contribution in [0.5, 0.6) is 11.5 Å². The summed E-state index contributed by atoms with van der Waals surface area (Å²) in [4.78, 5) is 9.82. The van der Waals surface area contributed by atoms with Crippen LogP contribution in [0.2, 0.25) is 0 Å². The molecule has 81 heavy (non-hydrogen) atoms. The molecule has 10 aromatic carbocycles. The van der Waals surface area contributed by atoms with Gasteiger partial charge in [0.2, 0.25) is 0 Å². The zero-order chi connectivity index (χ0) is 54.3. The summed E-state index contributed by atoms with van der Waals surface area (Å²) < 4.78 is 9.19. The number of rotatable bonds is 9. The summed E-state index contributed by atoms with van der Waals surface area (Å²) in [6, 6.07) is 92.8. The van der Waals surface area contributed by atoms with Gasteiger partial charge in [-0.05, 0) is 114 Å². The molecular formula is C75H59N4OPt-3. The number of nitrogens with zero attached hydrogens (tertiary/aromatic N) is 4. The topological polar surface area (TPSA) is 33.5 Å². The van der Waals surface area contributed by atoms with E-state index in [-0.39, 0.29) is 31.9 Å². The summed E-state index contributed by atoms with van der Waals surface area (Å²) >= 11 is 0. The maximum absolute atomic E-state index is 6.91. The second-order valence-corrected chi connectivity index (χ2v) is 23.3. The standard InChI is InChI=1S/C75H59N4O.Pt/c1-73(2,3)53-37-39-61-62-40-38-58(48-70(62)79(69(61)45-53)71-46-54(41-42-76-71)75(52-27-14-9-15-28-52)65-33-18-16-31-59(65)60-32-17-19-34-66(60)75)80-57-30-22-29-56(47-57)77-49-78(68-36-21-20-35-67(68)77)72-63(50-23-10-7-11-24-50)43-55(74(4,5)6)44-64(72)51-25-12-8-13-26-51;/h7-46,49H,1-6H3;/q-3;. The van der Waals surface area contributed by atoms with Crippen LogP contribution in [0.15, 0.2) is 243 Å². The summed E-state index contributed by atoms with van der Waals surface area (Å²) in [6.07, 6.45) is 1.98. The van der Waals surface area contributed by atoms with Crippen LogP contribution in [-0.4, -0.2) is 9.55 Å². The number of hydrogen-bond donors (Lipinski definition) is 0. The van der Waals surface area contributed by atoms with Gasteiger partial charge in [-0.15, -0.1) is 48.1 Å². The summed E-state index contributed by atoms with van der Waals surface area (Å²) in [5.41, 5.74) is 19.8. The van der Waals surface area contributed by atoms with Crippen molar-refractivity contribution in [2.24, 2.45) is 0 Å². The van der Waals surface area contributed by atoms with E-state index in [9.17, 15) is 0 Å². The normalized spacial score (nSPS) is 13.5. The van der Waals surface area contributed by atoms with Crippen molar-refractivity contribution in [3.63, 3.8) is 0 Å².